The monoisotopic (exact) mass is 404 g/mol. The molecule has 4 atom stereocenters. The van der Waals surface area contributed by atoms with Crippen molar-refractivity contribution in [1.29, 1.82) is 0 Å². The van der Waals surface area contributed by atoms with Crippen LogP contribution in [0.1, 0.15) is 33.6 Å². The van der Waals surface area contributed by atoms with E-state index in [1.54, 1.807) is 13.8 Å². The van der Waals surface area contributed by atoms with E-state index in [1.807, 2.05) is 5.32 Å². The maximum atomic E-state index is 12.3. The summed E-state index contributed by atoms with van der Waals surface area (Å²) in [6.45, 7) is 3.91. The first-order valence-corrected chi connectivity index (χ1v) is 8.62. The molecule has 3 amide bonds. The second-order valence-corrected chi connectivity index (χ2v) is 6.58. The number of aliphatic carboxylic acids is 2. The first-order chi connectivity index (χ1) is 12.9. The van der Waals surface area contributed by atoms with Crippen LogP contribution in [0.15, 0.2) is 0 Å². The number of carbonyl (C=O) groups excluding carboxylic acids is 3. The third-order valence-electron chi connectivity index (χ3n) is 3.85. The van der Waals surface area contributed by atoms with Gasteiger partial charge in [-0.15, -0.1) is 0 Å². The van der Waals surface area contributed by atoms with Crippen molar-refractivity contribution in [2.24, 2.45) is 11.7 Å². The second-order valence-electron chi connectivity index (χ2n) is 6.58. The maximum absolute atomic E-state index is 12.3. The van der Waals surface area contributed by atoms with Crippen LogP contribution >= 0.6 is 0 Å². The van der Waals surface area contributed by atoms with Crippen LogP contribution in [0, 0.1) is 5.92 Å². The molecular formula is C16H28N4O8. The molecule has 0 aliphatic heterocycles. The molecule has 0 spiro atoms. The Bertz CT molecular complexity index is 595. The molecule has 12 heteroatoms. The third-order valence-corrected chi connectivity index (χ3v) is 3.85. The number of rotatable bonds is 12. The van der Waals surface area contributed by atoms with Crippen molar-refractivity contribution in [3.63, 3.8) is 0 Å². The van der Waals surface area contributed by atoms with E-state index in [9.17, 15) is 24.0 Å². The predicted octanol–water partition coefficient (Wildman–Crippen LogP) is -2.61. The van der Waals surface area contributed by atoms with Crippen molar-refractivity contribution in [2.75, 3.05) is 6.61 Å². The smallest absolute Gasteiger partial charge is 0.328 e. The molecule has 0 rings (SSSR count). The van der Waals surface area contributed by atoms with Crippen molar-refractivity contribution < 1.29 is 39.3 Å². The molecule has 0 fully saturated rings. The minimum atomic E-state index is -1.61. The fourth-order valence-corrected chi connectivity index (χ4v) is 1.97. The Labute approximate surface area is 161 Å². The van der Waals surface area contributed by atoms with Crippen molar-refractivity contribution >= 4 is 29.7 Å². The van der Waals surface area contributed by atoms with Crippen LogP contribution < -0.4 is 21.7 Å². The number of carboxylic acids is 2. The topological polar surface area (TPSA) is 208 Å². The number of hydrogen-bond donors (Lipinski definition) is 7. The number of carboxylic acid groups (broad SMARTS) is 2. The number of carbonyl (C=O) groups is 5. The number of aliphatic hydroxyl groups is 1. The van der Waals surface area contributed by atoms with E-state index < -0.39 is 66.9 Å². The quantitative estimate of drug-likeness (QED) is 0.181. The van der Waals surface area contributed by atoms with Gasteiger partial charge in [-0.25, -0.2) is 4.79 Å². The van der Waals surface area contributed by atoms with E-state index in [4.69, 9.17) is 21.1 Å². The van der Waals surface area contributed by atoms with E-state index in [-0.39, 0.29) is 12.3 Å². The summed E-state index contributed by atoms with van der Waals surface area (Å²) in [4.78, 5) is 58.1. The Hall–Kier alpha value is -2.73. The van der Waals surface area contributed by atoms with Gasteiger partial charge in [0.05, 0.1) is 12.6 Å². The molecule has 0 radical (unpaired) electrons. The lowest BCUT2D eigenvalue weighted by molar-refractivity contribution is -0.144. The summed E-state index contributed by atoms with van der Waals surface area (Å²) in [5.74, 6) is -5.24. The molecule has 0 aliphatic carbocycles. The van der Waals surface area contributed by atoms with Crippen molar-refractivity contribution in [1.82, 2.24) is 16.0 Å². The van der Waals surface area contributed by atoms with Gasteiger partial charge in [0, 0.05) is 6.42 Å². The molecule has 160 valence electrons. The summed E-state index contributed by atoms with van der Waals surface area (Å²) in [6.07, 6.45) is -0.801. The first-order valence-electron chi connectivity index (χ1n) is 8.62. The van der Waals surface area contributed by atoms with E-state index in [1.165, 1.54) is 6.92 Å². The zero-order chi connectivity index (χ0) is 22.0. The molecule has 0 aromatic rings. The largest absolute Gasteiger partial charge is 0.481 e. The zero-order valence-corrected chi connectivity index (χ0v) is 16.0. The normalized spacial score (nSPS) is 15.1. The number of aliphatic hydroxyl groups excluding tert-OH is 1. The van der Waals surface area contributed by atoms with E-state index in [0.29, 0.717) is 0 Å². The number of amides is 3. The maximum Gasteiger partial charge on any atom is 0.328 e. The lowest BCUT2D eigenvalue weighted by Crippen LogP contribution is -2.57. The molecule has 12 nitrogen and oxygen atoms in total. The molecule has 0 aromatic carbocycles. The van der Waals surface area contributed by atoms with Gasteiger partial charge in [0.25, 0.3) is 0 Å². The molecule has 4 unspecified atom stereocenters. The van der Waals surface area contributed by atoms with Crippen molar-refractivity contribution in [2.45, 2.75) is 57.8 Å². The Morgan fingerprint density at radius 2 is 1.39 bits per heavy atom. The van der Waals surface area contributed by atoms with Gasteiger partial charge in [0.15, 0.2) is 0 Å². The SMILES string of the molecule is CC(NC(=O)C(N)C(C)C)C(=O)NC(CCC(=O)O)C(=O)NC(CO)C(=O)O. The molecule has 28 heavy (non-hydrogen) atoms. The Kier molecular flexibility index (Phi) is 10.7. The molecule has 0 saturated carbocycles. The summed E-state index contributed by atoms with van der Waals surface area (Å²) in [6, 6.07) is -4.92. The highest BCUT2D eigenvalue weighted by atomic mass is 16.4. The number of hydrogen-bond acceptors (Lipinski definition) is 7. The zero-order valence-electron chi connectivity index (χ0n) is 16.0. The van der Waals surface area contributed by atoms with E-state index >= 15 is 0 Å². The molecule has 0 aromatic heterocycles. The lowest BCUT2D eigenvalue weighted by atomic mass is 10.0. The molecular weight excluding hydrogens is 376 g/mol. The highest BCUT2D eigenvalue weighted by molar-refractivity contribution is 5.94. The van der Waals surface area contributed by atoms with Gasteiger partial charge in [0.2, 0.25) is 17.7 Å². The second kappa shape index (κ2) is 11.9. The minimum Gasteiger partial charge on any atom is -0.481 e. The van der Waals surface area contributed by atoms with Gasteiger partial charge < -0.3 is 37.0 Å². The Morgan fingerprint density at radius 3 is 1.82 bits per heavy atom. The summed E-state index contributed by atoms with van der Waals surface area (Å²) < 4.78 is 0. The van der Waals surface area contributed by atoms with Crippen LogP contribution in [0.4, 0.5) is 0 Å². The van der Waals surface area contributed by atoms with Crippen LogP contribution in [0.3, 0.4) is 0 Å². The number of nitrogens with one attached hydrogen (secondary N) is 3. The fraction of sp³-hybridized carbons (Fsp3) is 0.688. The summed E-state index contributed by atoms with van der Waals surface area (Å²) >= 11 is 0. The van der Waals surface area contributed by atoms with Crippen LogP contribution in [0.25, 0.3) is 0 Å². The van der Waals surface area contributed by atoms with E-state index in [2.05, 4.69) is 10.6 Å². The number of nitrogens with two attached hydrogens (primary N) is 1. The predicted molar refractivity (Wildman–Crippen MR) is 95.9 cm³/mol. The van der Waals surface area contributed by atoms with Crippen LogP contribution in [-0.2, 0) is 24.0 Å². The average molecular weight is 404 g/mol. The minimum absolute atomic E-state index is 0.171. The summed E-state index contributed by atoms with van der Waals surface area (Å²) in [7, 11) is 0. The lowest BCUT2D eigenvalue weighted by Gasteiger charge is -2.23. The van der Waals surface area contributed by atoms with Gasteiger partial charge in [-0.05, 0) is 19.3 Å². The average Bonchev–Trinajstić information content (AvgIpc) is 2.60. The molecule has 8 N–H and O–H groups in total. The van der Waals surface area contributed by atoms with Crippen molar-refractivity contribution in [3.8, 4) is 0 Å². The molecule has 0 aliphatic rings. The van der Waals surface area contributed by atoms with Gasteiger partial charge in [0.1, 0.15) is 18.1 Å². The standard InChI is InChI=1S/C16H28N4O8/c1-7(2)12(17)15(26)18-8(3)13(24)19-9(4-5-11(22)23)14(25)20-10(6-21)16(27)28/h7-10,12,21H,4-6,17H2,1-3H3,(H,18,26)(H,19,24)(H,20,25)(H,22,23)(H,27,28). The first kappa shape index (κ1) is 25.3. The van der Waals surface area contributed by atoms with Gasteiger partial charge in [-0.2, -0.15) is 0 Å². The highest BCUT2D eigenvalue weighted by Crippen LogP contribution is 2.02. The Morgan fingerprint density at radius 1 is 0.857 bits per heavy atom. The van der Waals surface area contributed by atoms with Gasteiger partial charge in [-0.3, -0.25) is 19.2 Å². The van der Waals surface area contributed by atoms with Crippen LogP contribution in [0.5, 0.6) is 0 Å². The van der Waals surface area contributed by atoms with Gasteiger partial charge >= 0.3 is 11.9 Å². The molecule has 0 heterocycles. The van der Waals surface area contributed by atoms with Crippen molar-refractivity contribution in [3.05, 3.63) is 0 Å². The highest BCUT2D eigenvalue weighted by Gasteiger charge is 2.29. The Balaban J connectivity index is 5.08. The molecule has 0 bridgehead atoms. The van der Waals surface area contributed by atoms with Crippen LogP contribution in [-0.4, -0.2) is 75.8 Å². The molecule has 0 saturated heterocycles. The fourth-order valence-electron chi connectivity index (χ4n) is 1.97. The van der Waals surface area contributed by atoms with E-state index in [0.717, 1.165) is 0 Å². The third kappa shape index (κ3) is 8.77. The summed E-state index contributed by atoms with van der Waals surface area (Å²) in [5, 5.41) is 33.3. The summed E-state index contributed by atoms with van der Waals surface area (Å²) in [5.41, 5.74) is 5.68. The van der Waals surface area contributed by atoms with Gasteiger partial charge in [-0.1, -0.05) is 13.8 Å². The van der Waals surface area contributed by atoms with Crippen LogP contribution in [0.2, 0.25) is 0 Å².